The molecule has 1 atom stereocenters. The van der Waals surface area contributed by atoms with E-state index in [0.717, 1.165) is 0 Å². The Morgan fingerprint density at radius 1 is 1.15 bits per heavy atom. The molecule has 1 heterocycles. The van der Waals surface area contributed by atoms with Crippen molar-refractivity contribution in [1.82, 2.24) is 15.0 Å². The van der Waals surface area contributed by atoms with E-state index >= 15 is 0 Å². The Kier molecular flexibility index (Phi) is 6.52. The zero-order chi connectivity index (χ0) is 19.3. The summed E-state index contributed by atoms with van der Waals surface area (Å²) in [5, 5.41) is 2.50. The van der Waals surface area contributed by atoms with Gasteiger partial charge in [0.1, 0.15) is 5.75 Å². The third-order valence-electron chi connectivity index (χ3n) is 4.09. The highest BCUT2D eigenvalue weighted by Gasteiger charge is 2.37. The Balaban J connectivity index is 2.40. The monoisotopic (exact) mass is 379 g/mol. The van der Waals surface area contributed by atoms with Gasteiger partial charge in [0.05, 0.1) is 0 Å². The van der Waals surface area contributed by atoms with E-state index < -0.39 is 26.7 Å². The molecule has 0 fully saturated rings. The minimum Gasteiger partial charge on any atom is -0.342 e. The Morgan fingerprint density at radius 2 is 1.77 bits per heavy atom. The molecule has 0 spiro atoms. The van der Waals surface area contributed by atoms with Crippen LogP contribution in [0.2, 0.25) is 0 Å². The number of benzene rings is 1. The summed E-state index contributed by atoms with van der Waals surface area (Å²) in [4.78, 5) is 18.6. The molecule has 1 aromatic carbocycles. The fourth-order valence-electron chi connectivity index (χ4n) is 2.65. The van der Waals surface area contributed by atoms with Gasteiger partial charge in [-0.05, 0) is 19.4 Å². The smallest absolute Gasteiger partial charge is 0.245 e. The van der Waals surface area contributed by atoms with E-state index in [1.807, 2.05) is 27.7 Å². The second-order valence-electron chi connectivity index (χ2n) is 6.31. The first-order valence-corrected chi connectivity index (χ1v) is 10.4. The second-order valence-corrected chi connectivity index (χ2v) is 8.40. The third kappa shape index (κ3) is 4.49. The van der Waals surface area contributed by atoms with E-state index in [9.17, 15) is 13.2 Å². The van der Waals surface area contributed by atoms with Crippen LogP contribution in [0.1, 0.15) is 56.1 Å². The number of rotatable bonds is 8. The number of likely N-dealkylation sites (N-methyl/N-ethyl adjacent to an activating group) is 1. The Labute approximate surface area is 154 Å². The average Bonchev–Trinajstić information content (AvgIpc) is 3.05. The third-order valence-corrected chi connectivity index (χ3v) is 5.93. The highest BCUT2D eigenvalue weighted by molar-refractivity contribution is 7.91. The maximum atomic E-state index is 13.1. The van der Waals surface area contributed by atoms with Crippen LogP contribution >= 0.6 is 0 Å². The zero-order valence-electron chi connectivity index (χ0n) is 15.5. The number of nitrogens with zero attached hydrogens (tertiary/aromatic N) is 3. The van der Waals surface area contributed by atoms with Gasteiger partial charge in [-0.1, -0.05) is 49.3 Å². The summed E-state index contributed by atoms with van der Waals surface area (Å²) < 4.78 is 31.2. The van der Waals surface area contributed by atoms with E-state index in [2.05, 4.69) is 10.1 Å². The topological polar surface area (TPSA) is 93.4 Å². The van der Waals surface area contributed by atoms with E-state index in [4.69, 9.17) is 4.52 Å². The Hall–Kier alpha value is -2.22. The van der Waals surface area contributed by atoms with Gasteiger partial charge >= 0.3 is 0 Å². The van der Waals surface area contributed by atoms with Crippen molar-refractivity contribution in [1.29, 1.82) is 0 Å². The largest absolute Gasteiger partial charge is 0.342 e. The standard InChI is InChI=1S/C18H25N3O4S/c1-5-21(6-2)18(22)16(14-10-8-7-9-11-14)26(23,24)12-15-19-17(13(3)4)20-25-15/h7-11,13,16H,5-6,12H2,1-4H3/t16-/m0/s1. The number of aromatic nitrogens is 2. The van der Waals surface area contributed by atoms with Crippen LogP contribution in [-0.4, -0.2) is 42.5 Å². The molecule has 1 amide bonds. The molecule has 26 heavy (non-hydrogen) atoms. The lowest BCUT2D eigenvalue weighted by Gasteiger charge is -2.25. The fourth-order valence-corrected chi connectivity index (χ4v) is 4.31. The van der Waals surface area contributed by atoms with Gasteiger partial charge < -0.3 is 9.42 Å². The molecule has 0 saturated carbocycles. The number of carbonyl (C=O) groups excluding carboxylic acids is 1. The van der Waals surface area contributed by atoms with E-state index in [1.165, 1.54) is 4.90 Å². The molecule has 0 N–H and O–H groups in total. The van der Waals surface area contributed by atoms with Crippen LogP contribution in [0.25, 0.3) is 0 Å². The average molecular weight is 379 g/mol. The van der Waals surface area contributed by atoms with Crippen LogP contribution in [0.3, 0.4) is 0 Å². The van der Waals surface area contributed by atoms with Crippen molar-refractivity contribution in [2.45, 2.75) is 44.6 Å². The molecule has 8 heteroatoms. The Morgan fingerprint density at radius 3 is 2.27 bits per heavy atom. The van der Waals surface area contributed by atoms with Gasteiger partial charge in [-0.3, -0.25) is 4.79 Å². The molecule has 2 aromatic rings. The summed E-state index contributed by atoms with van der Waals surface area (Å²) in [6.07, 6.45) is 0. The molecule has 142 valence electrons. The zero-order valence-corrected chi connectivity index (χ0v) is 16.4. The minimum absolute atomic E-state index is 0.00183. The molecule has 0 aliphatic rings. The molecular formula is C18H25N3O4S. The van der Waals surface area contributed by atoms with Gasteiger partial charge in [0, 0.05) is 19.0 Å². The van der Waals surface area contributed by atoms with Crippen LogP contribution in [0.15, 0.2) is 34.9 Å². The van der Waals surface area contributed by atoms with Crippen molar-refractivity contribution in [3.63, 3.8) is 0 Å². The van der Waals surface area contributed by atoms with Gasteiger partial charge in [-0.25, -0.2) is 8.42 Å². The van der Waals surface area contributed by atoms with Crippen LogP contribution in [-0.2, 0) is 20.4 Å². The molecule has 0 aliphatic carbocycles. The Bertz CT molecular complexity index is 827. The number of carbonyl (C=O) groups is 1. The highest BCUT2D eigenvalue weighted by atomic mass is 32.2. The number of hydrogen-bond acceptors (Lipinski definition) is 6. The molecule has 0 aliphatic heterocycles. The summed E-state index contributed by atoms with van der Waals surface area (Å²) in [6.45, 7) is 8.30. The molecule has 0 unspecified atom stereocenters. The summed E-state index contributed by atoms with van der Waals surface area (Å²) in [6, 6.07) is 8.52. The van der Waals surface area contributed by atoms with Crippen molar-refractivity contribution in [2.24, 2.45) is 0 Å². The lowest BCUT2D eigenvalue weighted by Crippen LogP contribution is -2.38. The maximum Gasteiger partial charge on any atom is 0.245 e. The minimum atomic E-state index is -3.89. The first-order valence-electron chi connectivity index (χ1n) is 8.67. The van der Waals surface area contributed by atoms with Gasteiger partial charge in [0.15, 0.2) is 20.9 Å². The van der Waals surface area contributed by atoms with Crippen LogP contribution in [0, 0.1) is 0 Å². The lowest BCUT2D eigenvalue weighted by atomic mass is 10.1. The lowest BCUT2D eigenvalue weighted by molar-refractivity contribution is -0.130. The molecule has 1 aromatic heterocycles. The van der Waals surface area contributed by atoms with Gasteiger partial charge in [0.25, 0.3) is 0 Å². The normalized spacial score (nSPS) is 13.0. The van der Waals surface area contributed by atoms with Crippen molar-refractivity contribution in [3.8, 4) is 0 Å². The molecular weight excluding hydrogens is 354 g/mol. The molecule has 7 nitrogen and oxygen atoms in total. The van der Waals surface area contributed by atoms with E-state index in [0.29, 0.717) is 24.5 Å². The van der Waals surface area contributed by atoms with Gasteiger partial charge in [0.2, 0.25) is 11.8 Å². The van der Waals surface area contributed by atoms with Crippen molar-refractivity contribution >= 4 is 15.7 Å². The fraction of sp³-hybridized carbons (Fsp3) is 0.500. The van der Waals surface area contributed by atoms with E-state index in [-0.39, 0.29) is 11.8 Å². The summed E-state index contributed by atoms with van der Waals surface area (Å²) in [7, 11) is -3.89. The van der Waals surface area contributed by atoms with Crippen LogP contribution in [0.5, 0.6) is 0 Å². The highest BCUT2D eigenvalue weighted by Crippen LogP contribution is 2.28. The summed E-state index contributed by atoms with van der Waals surface area (Å²) >= 11 is 0. The predicted octanol–water partition coefficient (Wildman–Crippen LogP) is 2.72. The molecule has 2 rings (SSSR count). The molecule has 0 saturated heterocycles. The summed E-state index contributed by atoms with van der Waals surface area (Å²) in [5.41, 5.74) is 0.438. The number of hydrogen-bond donors (Lipinski definition) is 0. The molecule has 0 radical (unpaired) electrons. The van der Waals surface area contributed by atoms with Crippen LogP contribution < -0.4 is 0 Å². The molecule has 0 bridgehead atoms. The first kappa shape index (κ1) is 20.1. The summed E-state index contributed by atoms with van der Waals surface area (Å²) in [5.74, 6) is -0.440. The van der Waals surface area contributed by atoms with Crippen molar-refractivity contribution < 1.29 is 17.7 Å². The predicted molar refractivity (Wildman–Crippen MR) is 98.1 cm³/mol. The van der Waals surface area contributed by atoms with E-state index in [1.54, 1.807) is 30.3 Å². The maximum absolute atomic E-state index is 13.1. The van der Waals surface area contributed by atoms with Gasteiger partial charge in [-0.15, -0.1) is 0 Å². The number of sulfone groups is 1. The SMILES string of the molecule is CCN(CC)C(=O)[C@H](c1ccccc1)S(=O)(=O)Cc1nc(C(C)C)no1. The van der Waals surface area contributed by atoms with Crippen LogP contribution in [0.4, 0.5) is 0 Å². The van der Waals surface area contributed by atoms with Crippen molar-refractivity contribution in [2.75, 3.05) is 13.1 Å². The first-order chi connectivity index (χ1) is 12.3. The second kappa shape index (κ2) is 8.44. The quantitative estimate of drug-likeness (QED) is 0.700. The number of amides is 1. The van der Waals surface area contributed by atoms with Gasteiger partial charge in [-0.2, -0.15) is 4.98 Å². The van der Waals surface area contributed by atoms with Crippen molar-refractivity contribution in [3.05, 3.63) is 47.6 Å².